The molecule has 22 heavy (non-hydrogen) atoms. The van der Waals surface area contributed by atoms with E-state index in [9.17, 15) is 4.79 Å². The molecule has 0 amide bonds. The zero-order valence-electron chi connectivity index (χ0n) is 12.8. The maximum Gasteiger partial charge on any atom is 0.338 e. The van der Waals surface area contributed by atoms with Crippen LogP contribution in [0.1, 0.15) is 28.5 Å². The van der Waals surface area contributed by atoms with Crippen LogP contribution in [0.3, 0.4) is 0 Å². The van der Waals surface area contributed by atoms with Crippen LogP contribution in [0.4, 0.5) is 0 Å². The Morgan fingerprint density at radius 3 is 2.64 bits per heavy atom. The van der Waals surface area contributed by atoms with Crippen LogP contribution in [0, 0.1) is 0 Å². The molecule has 0 atom stereocenters. The lowest BCUT2D eigenvalue weighted by Gasteiger charge is -2.07. The van der Waals surface area contributed by atoms with Crippen LogP contribution >= 0.6 is 0 Å². The highest BCUT2D eigenvalue weighted by Crippen LogP contribution is 2.17. The average Bonchev–Trinajstić information content (AvgIpc) is 2.55. The maximum atomic E-state index is 11.8. The standard InChI is InChI=1S/C16H18N2O4/c1-4-22-15(19)12-7-5-6-11(8-12)9-13-10-14(20-2)18-16(17-13)21-3/h5-8,10H,4,9H2,1-3H3. The van der Waals surface area contributed by atoms with Gasteiger partial charge in [-0.15, -0.1) is 0 Å². The van der Waals surface area contributed by atoms with Crippen LogP contribution in [0.5, 0.6) is 11.9 Å². The topological polar surface area (TPSA) is 70.5 Å². The Bertz CT molecular complexity index is 636. The smallest absolute Gasteiger partial charge is 0.338 e. The molecule has 0 saturated heterocycles. The Hall–Kier alpha value is -2.63. The molecule has 0 bridgehead atoms. The molecule has 1 aromatic carbocycles. The molecule has 0 N–H and O–H groups in total. The van der Waals surface area contributed by atoms with E-state index in [4.69, 9.17) is 14.2 Å². The van der Waals surface area contributed by atoms with Gasteiger partial charge in [-0.3, -0.25) is 0 Å². The number of carbonyl (C=O) groups is 1. The number of aromatic nitrogens is 2. The second-order valence-electron chi connectivity index (χ2n) is 4.49. The molecule has 6 heteroatoms. The molecule has 1 heterocycles. The van der Waals surface area contributed by atoms with E-state index in [1.54, 1.807) is 25.1 Å². The summed E-state index contributed by atoms with van der Waals surface area (Å²) < 4.78 is 15.2. The van der Waals surface area contributed by atoms with Crippen molar-refractivity contribution in [2.75, 3.05) is 20.8 Å². The van der Waals surface area contributed by atoms with Gasteiger partial charge >= 0.3 is 12.0 Å². The van der Waals surface area contributed by atoms with Gasteiger partial charge in [0, 0.05) is 12.5 Å². The average molecular weight is 302 g/mol. The Balaban J connectivity index is 2.23. The molecule has 0 radical (unpaired) electrons. The first kappa shape index (κ1) is 15.8. The zero-order chi connectivity index (χ0) is 15.9. The van der Waals surface area contributed by atoms with Gasteiger partial charge in [0.15, 0.2) is 0 Å². The van der Waals surface area contributed by atoms with E-state index < -0.39 is 0 Å². The van der Waals surface area contributed by atoms with Crippen LogP contribution in [-0.2, 0) is 11.2 Å². The minimum atomic E-state index is -0.331. The summed E-state index contributed by atoms with van der Waals surface area (Å²) in [7, 11) is 3.03. The van der Waals surface area contributed by atoms with Gasteiger partial charge in [-0.05, 0) is 24.6 Å². The summed E-state index contributed by atoms with van der Waals surface area (Å²) in [5.74, 6) is 0.102. The highest BCUT2D eigenvalue weighted by atomic mass is 16.5. The predicted molar refractivity (Wildman–Crippen MR) is 80.3 cm³/mol. The van der Waals surface area contributed by atoms with E-state index in [0.29, 0.717) is 24.5 Å². The van der Waals surface area contributed by atoms with Crippen LogP contribution in [-0.4, -0.2) is 36.8 Å². The molecule has 0 spiro atoms. The third-order valence-electron chi connectivity index (χ3n) is 2.95. The van der Waals surface area contributed by atoms with E-state index in [1.807, 2.05) is 12.1 Å². The molecule has 0 aliphatic heterocycles. The van der Waals surface area contributed by atoms with Gasteiger partial charge in [0.05, 0.1) is 32.1 Å². The number of rotatable bonds is 6. The summed E-state index contributed by atoms with van der Waals surface area (Å²) >= 11 is 0. The van der Waals surface area contributed by atoms with Gasteiger partial charge in [0.2, 0.25) is 5.88 Å². The summed E-state index contributed by atoms with van der Waals surface area (Å²) in [5, 5.41) is 0. The number of ether oxygens (including phenoxy) is 3. The summed E-state index contributed by atoms with van der Waals surface area (Å²) in [5.41, 5.74) is 2.20. The molecule has 1 aromatic heterocycles. The van der Waals surface area contributed by atoms with E-state index >= 15 is 0 Å². The van der Waals surface area contributed by atoms with Gasteiger partial charge in [0.1, 0.15) is 0 Å². The number of hydrogen-bond acceptors (Lipinski definition) is 6. The second kappa shape index (κ2) is 7.40. The van der Waals surface area contributed by atoms with Crippen molar-refractivity contribution in [2.24, 2.45) is 0 Å². The fourth-order valence-electron chi connectivity index (χ4n) is 1.97. The van der Waals surface area contributed by atoms with Gasteiger partial charge in [-0.1, -0.05) is 12.1 Å². The van der Waals surface area contributed by atoms with Gasteiger partial charge in [-0.2, -0.15) is 9.97 Å². The highest BCUT2D eigenvalue weighted by Gasteiger charge is 2.09. The van der Waals surface area contributed by atoms with Crippen LogP contribution in [0.15, 0.2) is 30.3 Å². The maximum absolute atomic E-state index is 11.8. The molecule has 0 unspecified atom stereocenters. The van der Waals surface area contributed by atoms with Crippen LogP contribution < -0.4 is 9.47 Å². The molecule has 0 aliphatic rings. The predicted octanol–water partition coefficient (Wildman–Crippen LogP) is 2.26. The second-order valence-corrected chi connectivity index (χ2v) is 4.49. The summed E-state index contributed by atoms with van der Waals surface area (Å²) in [4.78, 5) is 20.1. The lowest BCUT2D eigenvalue weighted by molar-refractivity contribution is 0.0526. The summed E-state index contributed by atoms with van der Waals surface area (Å²) in [6, 6.07) is 9.23. The Morgan fingerprint density at radius 1 is 1.14 bits per heavy atom. The number of esters is 1. The lowest BCUT2D eigenvalue weighted by atomic mass is 10.1. The van der Waals surface area contributed by atoms with Crippen molar-refractivity contribution in [3.05, 3.63) is 47.2 Å². The third-order valence-corrected chi connectivity index (χ3v) is 2.95. The van der Waals surface area contributed by atoms with Gasteiger partial charge < -0.3 is 14.2 Å². The SMILES string of the molecule is CCOC(=O)c1cccc(Cc2cc(OC)nc(OC)n2)c1. The van der Waals surface area contributed by atoms with E-state index in [-0.39, 0.29) is 12.0 Å². The van der Waals surface area contributed by atoms with Crippen molar-refractivity contribution >= 4 is 5.97 Å². The van der Waals surface area contributed by atoms with Crippen LogP contribution in [0.2, 0.25) is 0 Å². The fourth-order valence-corrected chi connectivity index (χ4v) is 1.97. The largest absolute Gasteiger partial charge is 0.481 e. The molecule has 116 valence electrons. The Morgan fingerprint density at radius 2 is 1.95 bits per heavy atom. The number of carbonyl (C=O) groups excluding carboxylic acids is 1. The third kappa shape index (κ3) is 3.94. The molecule has 0 saturated carbocycles. The Kier molecular flexibility index (Phi) is 5.30. The van der Waals surface area contributed by atoms with Crippen molar-refractivity contribution in [1.82, 2.24) is 9.97 Å². The first-order chi connectivity index (χ1) is 10.7. The molecule has 0 fully saturated rings. The first-order valence-electron chi connectivity index (χ1n) is 6.88. The monoisotopic (exact) mass is 302 g/mol. The number of hydrogen-bond donors (Lipinski definition) is 0. The van der Waals surface area contributed by atoms with Crippen molar-refractivity contribution in [3.8, 4) is 11.9 Å². The molecule has 0 aliphatic carbocycles. The van der Waals surface area contributed by atoms with E-state index in [1.165, 1.54) is 14.2 Å². The highest BCUT2D eigenvalue weighted by molar-refractivity contribution is 5.89. The molecular weight excluding hydrogens is 284 g/mol. The Labute approximate surface area is 129 Å². The quantitative estimate of drug-likeness (QED) is 0.762. The lowest BCUT2D eigenvalue weighted by Crippen LogP contribution is -2.05. The molecule has 2 aromatic rings. The van der Waals surface area contributed by atoms with Crippen molar-refractivity contribution < 1.29 is 19.0 Å². The minimum absolute atomic E-state index is 0.246. The summed E-state index contributed by atoms with van der Waals surface area (Å²) in [6.07, 6.45) is 0.530. The first-order valence-corrected chi connectivity index (χ1v) is 6.88. The minimum Gasteiger partial charge on any atom is -0.481 e. The fraction of sp³-hybridized carbons (Fsp3) is 0.312. The number of methoxy groups -OCH3 is 2. The summed E-state index contributed by atoms with van der Waals surface area (Å²) in [6.45, 7) is 2.13. The normalized spacial score (nSPS) is 10.1. The van der Waals surface area contributed by atoms with Crippen molar-refractivity contribution in [2.45, 2.75) is 13.3 Å². The number of benzene rings is 1. The zero-order valence-corrected chi connectivity index (χ0v) is 12.8. The molecule has 2 rings (SSSR count). The van der Waals surface area contributed by atoms with Gasteiger partial charge in [0.25, 0.3) is 0 Å². The van der Waals surface area contributed by atoms with Crippen molar-refractivity contribution in [1.29, 1.82) is 0 Å². The van der Waals surface area contributed by atoms with Crippen LogP contribution in [0.25, 0.3) is 0 Å². The van der Waals surface area contributed by atoms with E-state index in [2.05, 4.69) is 9.97 Å². The van der Waals surface area contributed by atoms with Crippen molar-refractivity contribution in [3.63, 3.8) is 0 Å². The molecular formula is C16H18N2O4. The van der Waals surface area contributed by atoms with Gasteiger partial charge in [-0.25, -0.2) is 4.79 Å². The molecule has 6 nitrogen and oxygen atoms in total. The number of nitrogens with zero attached hydrogens (tertiary/aromatic N) is 2. The van der Waals surface area contributed by atoms with E-state index in [0.717, 1.165) is 11.3 Å².